The average Bonchev–Trinajstić information content (AvgIpc) is 3.07. The van der Waals surface area contributed by atoms with Gasteiger partial charge in [-0.15, -0.1) is 0 Å². The molecule has 2 amide bonds. The molecule has 1 aliphatic rings. The number of aromatic nitrogens is 1. The number of nitrogens with zero attached hydrogens (tertiary/aromatic N) is 1. The van der Waals surface area contributed by atoms with Crippen molar-refractivity contribution in [2.75, 3.05) is 24.1 Å². The summed E-state index contributed by atoms with van der Waals surface area (Å²) in [6.45, 7) is 2.19. The van der Waals surface area contributed by atoms with E-state index in [4.69, 9.17) is 5.73 Å². The molecule has 1 saturated carbocycles. The SMILES string of the molecule is CC(=O)NCCNC(=O)c1sc(NC2CC2)nc1N. The van der Waals surface area contributed by atoms with E-state index >= 15 is 0 Å². The minimum atomic E-state index is -0.260. The number of nitrogen functional groups attached to an aromatic ring is 1. The van der Waals surface area contributed by atoms with Gasteiger partial charge in [0.15, 0.2) is 5.13 Å². The molecule has 0 aliphatic heterocycles. The molecule has 5 N–H and O–H groups in total. The van der Waals surface area contributed by atoms with Gasteiger partial charge in [-0.1, -0.05) is 11.3 Å². The largest absolute Gasteiger partial charge is 0.382 e. The van der Waals surface area contributed by atoms with Crippen molar-refractivity contribution in [2.24, 2.45) is 0 Å². The van der Waals surface area contributed by atoms with Gasteiger partial charge in [-0.2, -0.15) is 0 Å². The predicted octanol–water partition coefficient (Wildman–Crippen LogP) is 0.165. The van der Waals surface area contributed by atoms with Crippen LogP contribution in [0.4, 0.5) is 10.9 Å². The first kappa shape index (κ1) is 13.6. The van der Waals surface area contributed by atoms with E-state index in [0.29, 0.717) is 29.1 Å². The van der Waals surface area contributed by atoms with Crippen molar-refractivity contribution >= 4 is 34.1 Å². The molecule has 0 bridgehead atoms. The summed E-state index contributed by atoms with van der Waals surface area (Å²) in [6.07, 6.45) is 2.27. The van der Waals surface area contributed by atoms with Crippen molar-refractivity contribution in [1.82, 2.24) is 15.6 Å². The van der Waals surface area contributed by atoms with E-state index in [9.17, 15) is 9.59 Å². The zero-order valence-corrected chi connectivity index (χ0v) is 11.5. The van der Waals surface area contributed by atoms with Crippen LogP contribution in [0.15, 0.2) is 0 Å². The lowest BCUT2D eigenvalue weighted by molar-refractivity contribution is -0.118. The highest BCUT2D eigenvalue weighted by Gasteiger charge is 2.24. The van der Waals surface area contributed by atoms with Crippen molar-refractivity contribution in [3.8, 4) is 0 Å². The minimum Gasteiger partial charge on any atom is -0.382 e. The van der Waals surface area contributed by atoms with Crippen LogP contribution in [0.2, 0.25) is 0 Å². The van der Waals surface area contributed by atoms with E-state index in [-0.39, 0.29) is 17.6 Å². The van der Waals surface area contributed by atoms with Crippen LogP contribution in [0.5, 0.6) is 0 Å². The topological polar surface area (TPSA) is 109 Å². The van der Waals surface area contributed by atoms with Gasteiger partial charge in [0.2, 0.25) is 5.91 Å². The number of rotatable bonds is 6. The third kappa shape index (κ3) is 4.09. The van der Waals surface area contributed by atoms with Gasteiger partial charge in [0, 0.05) is 26.1 Å². The summed E-state index contributed by atoms with van der Waals surface area (Å²) in [7, 11) is 0. The predicted molar refractivity (Wildman–Crippen MR) is 74.2 cm³/mol. The number of anilines is 2. The van der Waals surface area contributed by atoms with E-state index in [0.717, 1.165) is 12.8 Å². The Morgan fingerprint density at radius 3 is 2.68 bits per heavy atom. The lowest BCUT2D eigenvalue weighted by atomic mass is 10.4. The molecule has 1 heterocycles. The Balaban J connectivity index is 1.83. The maximum Gasteiger partial charge on any atom is 0.265 e. The normalized spacial score (nSPS) is 13.9. The summed E-state index contributed by atoms with van der Waals surface area (Å²) in [5.41, 5.74) is 5.72. The van der Waals surface area contributed by atoms with Gasteiger partial charge in [0.1, 0.15) is 10.7 Å². The summed E-state index contributed by atoms with van der Waals surface area (Å²) < 4.78 is 0. The van der Waals surface area contributed by atoms with Gasteiger partial charge in [-0.3, -0.25) is 9.59 Å². The van der Waals surface area contributed by atoms with E-state index in [1.807, 2.05) is 0 Å². The zero-order valence-electron chi connectivity index (χ0n) is 10.7. The standard InChI is InChI=1S/C11H17N5O2S/c1-6(17)13-4-5-14-10(18)8-9(12)16-11(19-8)15-7-2-3-7/h7H,2-5,12H2,1H3,(H,13,17)(H,14,18)(H,15,16). The summed E-state index contributed by atoms with van der Waals surface area (Å²) in [6, 6.07) is 0.473. The Morgan fingerprint density at radius 2 is 2.05 bits per heavy atom. The molecule has 104 valence electrons. The van der Waals surface area contributed by atoms with E-state index in [1.54, 1.807) is 0 Å². The first-order valence-corrected chi connectivity index (χ1v) is 6.93. The number of nitrogens with one attached hydrogen (secondary N) is 3. The van der Waals surface area contributed by atoms with Crippen molar-refractivity contribution in [3.63, 3.8) is 0 Å². The van der Waals surface area contributed by atoms with E-state index in [1.165, 1.54) is 18.3 Å². The molecule has 8 heteroatoms. The number of hydrogen-bond donors (Lipinski definition) is 4. The first-order chi connectivity index (χ1) is 9.06. The van der Waals surface area contributed by atoms with Crippen molar-refractivity contribution in [1.29, 1.82) is 0 Å². The maximum absolute atomic E-state index is 11.9. The number of thiazole rings is 1. The van der Waals surface area contributed by atoms with Gasteiger partial charge >= 0.3 is 0 Å². The number of hydrogen-bond acceptors (Lipinski definition) is 6. The number of carbonyl (C=O) groups excluding carboxylic acids is 2. The molecular weight excluding hydrogens is 266 g/mol. The smallest absolute Gasteiger partial charge is 0.265 e. The highest BCUT2D eigenvalue weighted by Crippen LogP contribution is 2.30. The second kappa shape index (κ2) is 5.87. The molecule has 0 unspecified atom stereocenters. The molecule has 0 spiro atoms. The van der Waals surface area contributed by atoms with Crippen LogP contribution in [-0.2, 0) is 4.79 Å². The van der Waals surface area contributed by atoms with Gasteiger partial charge in [0.05, 0.1) is 0 Å². The van der Waals surface area contributed by atoms with E-state index in [2.05, 4.69) is 20.9 Å². The highest BCUT2D eigenvalue weighted by atomic mass is 32.1. The number of nitrogens with two attached hydrogens (primary N) is 1. The van der Waals surface area contributed by atoms with Crippen LogP contribution in [0.25, 0.3) is 0 Å². The molecule has 0 aromatic carbocycles. The number of amides is 2. The summed E-state index contributed by atoms with van der Waals surface area (Å²) in [5.74, 6) is -0.142. The van der Waals surface area contributed by atoms with Gasteiger partial charge in [-0.25, -0.2) is 4.98 Å². The Hall–Kier alpha value is -1.83. The molecule has 0 atom stereocenters. The summed E-state index contributed by atoms with van der Waals surface area (Å²) >= 11 is 1.25. The molecule has 0 radical (unpaired) electrons. The van der Waals surface area contributed by atoms with Gasteiger partial charge < -0.3 is 21.7 Å². The van der Waals surface area contributed by atoms with Crippen LogP contribution in [0.3, 0.4) is 0 Å². The van der Waals surface area contributed by atoms with Crippen LogP contribution < -0.4 is 21.7 Å². The third-order valence-corrected chi connectivity index (χ3v) is 3.55. The Labute approximate surface area is 115 Å². The fraction of sp³-hybridized carbons (Fsp3) is 0.545. The van der Waals surface area contributed by atoms with Crippen LogP contribution in [0.1, 0.15) is 29.4 Å². The van der Waals surface area contributed by atoms with Gasteiger partial charge in [-0.05, 0) is 12.8 Å². The van der Waals surface area contributed by atoms with Crippen LogP contribution in [0, 0.1) is 0 Å². The maximum atomic E-state index is 11.9. The molecule has 1 aromatic rings. The molecule has 1 aromatic heterocycles. The highest BCUT2D eigenvalue weighted by molar-refractivity contribution is 7.18. The lowest BCUT2D eigenvalue weighted by Crippen LogP contribution is -2.33. The van der Waals surface area contributed by atoms with Crippen molar-refractivity contribution < 1.29 is 9.59 Å². The first-order valence-electron chi connectivity index (χ1n) is 6.11. The molecule has 2 rings (SSSR count). The Kier molecular flexibility index (Phi) is 4.20. The van der Waals surface area contributed by atoms with Crippen molar-refractivity contribution in [3.05, 3.63) is 4.88 Å². The van der Waals surface area contributed by atoms with Gasteiger partial charge in [0.25, 0.3) is 5.91 Å². The third-order valence-electron chi connectivity index (χ3n) is 2.55. The Morgan fingerprint density at radius 1 is 1.37 bits per heavy atom. The monoisotopic (exact) mass is 283 g/mol. The second-order valence-electron chi connectivity index (χ2n) is 4.39. The molecule has 1 aliphatic carbocycles. The van der Waals surface area contributed by atoms with Crippen molar-refractivity contribution in [2.45, 2.75) is 25.8 Å². The summed E-state index contributed by atoms with van der Waals surface area (Å²) in [4.78, 5) is 27.1. The molecule has 7 nitrogen and oxygen atoms in total. The zero-order chi connectivity index (χ0) is 13.8. The Bertz CT molecular complexity index is 483. The van der Waals surface area contributed by atoms with E-state index < -0.39 is 0 Å². The minimum absolute atomic E-state index is 0.123. The number of carbonyl (C=O) groups is 2. The second-order valence-corrected chi connectivity index (χ2v) is 5.39. The molecular formula is C11H17N5O2S. The lowest BCUT2D eigenvalue weighted by Gasteiger charge is -2.04. The molecule has 1 fully saturated rings. The average molecular weight is 283 g/mol. The fourth-order valence-electron chi connectivity index (χ4n) is 1.45. The molecule has 0 saturated heterocycles. The van der Waals surface area contributed by atoms with Crippen LogP contribution >= 0.6 is 11.3 Å². The summed E-state index contributed by atoms with van der Waals surface area (Å²) in [5, 5.41) is 9.18. The quantitative estimate of drug-likeness (QED) is 0.556. The fourth-order valence-corrected chi connectivity index (χ4v) is 2.33. The van der Waals surface area contributed by atoms with Crippen LogP contribution in [-0.4, -0.2) is 35.9 Å². The molecule has 19 heavy (non-hydrogen) atoms.